The minimum atomic E-state index is -0.235. The molecule has 0 bridgehead atoms. The van der Waals surface area contributed by atoms with E-state index in [2.05, 4.69) is 21.2 Å². The van der Waals surface area contributed by atoms with E-state index in [1.807, 2.05) is 0 Å². The summed E-state index contributed by atoms with van der Waals surface area (Å²) in [4.78, 5) is 0. The number of hydrogen-bond acceptors (Lipinski definition) is 2. The summed E-state index contributed by atoms with van der Waals surface area (Å²) in [6.07, 6.45) is 2.19. The second-order valence-corrected chi connectivity index (χ2v) is 5.14. The van der Waals surface area contributed by atoms with Gasteiger partial charge >= 0.3 is 0 Å². The second kappa shape index (κ2) is 5.25. The topological polar surface area (TPSA) is 38.0 Å². The number of halogens is 2. The van der Waals surface area contributed by atoms with Gasteiger partial charge in [-0.05, 0) is 65.5 Å². The lowest BCUT2D eigenvalue weighted by atomic mass is 9.87. The van der Waals surface area contributed by atoms with Crippen LogP contribution in [0.4, 0.5) is 4.39 Å². The number of nitrogens with two attached hydrogens (primary N) is 1. The highest BCUT2D eigenvalue weighted by atomic mass is 79.9. The van der Waals surface area contributed by atoms with Gasteiger partial charge in [-0.3, -0.25) is 0 Å². The van der Waals surface area contributed by atoms with Crippen LogP contribution < -0.4 is 11.1 Å². The van der Waals surface area contributed by atoms with Crippen LogP contribution in [0.1, 0.15) is 24.4 Å². The Morgan fingerprint density at radius 2 is 2.06 bits per heavy atom. The summed E-state index contributed by atoms with van der Waals surface area (Å²) >= 11 is 3.20. The maximum Gasteiger partial charge on any atom is 0.137 e. The predicted octanol–water partition coefficient (Wildman–Crippen LogP) is 2.59. The van der Waals surface area contributed by atoms with Gasteiger partial charge in [-0.2, -0.15) is 0 Å². The fraction of sp³-hybridized carbons (Fsp3) is 0.500. The number of benzene rings is 1. The molecule has 4 heteroatoms. The van der Waals surface area contributed by atoms with Crippen LogP contribution in [0.15, 0.2) is 22.7 Å². The molecule has 0 spiro atoms. The Balaban J connectivity index is 2.12. The van der Waals surface area contributed by atoms with E-state index in [0.29, 0.717) is 10.4 Å². The first kappa shape index (κ1) is 12.0. The molecular weight excluding hydrogens is 271 g/mol. The standard InChI is InChI=1S/C12H16BrFN2/c13-10-7-9(1-2-11(10)14)12(15)8-3-5-16-6-4-8/h1-2,7-8,12,16H,3-6,15H2/t12-/m1/s1. The van der Waals surface area contributed by atoms with Crippen molar-refractivity contribution in [2.24, 2.45) is 11.7 Å². The fourth-order valence-electron chi connectivity index (χ4n) is 2.20. The zero-order valence-corrected chi connectivity index (χ0v) is 10.6. The average molecular weight is 287 g/mol. The van der Waals surface area contributed by atoms with Crippen LogP contribution in [0.2, 0.25) is 0 Å². The highest BCUT2D eigenvalue weighted by Gasteiger charge is 2.22. The van der Waals surface area contributed by atoms with Crippen molar-refractivity contribution in [1.82, 2.24) is 5.32 Å². The van der Waals surface area contributed by atoms with Crippen LogP contribution >= 0.6 is 15.9 Å². The first-order valence-corrected chi connectivity index (χ1v) is 6.39. The summed E-state index contributed by atoms with van der Waals surface area (Å²) in [7, 11) is 0. The summed E-state index contributed by atoms with van der Waals surface area (Å²) in [6, 6.07) is 5.06. The van der Waals surface area contributed by atoms with Gasteiger partial charge in [-0.25, -0.2) is 4.39 Å². The van der Waals surface area contributed by atoms with Crippen LogP contribution in [-0.2, 0) is 0 Å². The van der Waals surface area contributed by atoms with Crippen LogP contribution in [0.5, 0.6) is 0 Å². The molecule has 88 valence electrons. The van der Waals surface area contributed by atoms with Gasteiger partial charge in [0.1, 0.15) is 5.82 Å². The molecule has 1 saturated heterocycles. The SMILES string of the molecule is N[C@@H](c1ccc(F)c(Br)c1)C1CCNCC1. The molecule has 1 fully saturated rings. The first-order valence-electron chi connectivity index (χ1n) is 5.59. The Hall–Kier alpha value is -0.450. The Morgan fingerprint density at radius 3 is 2.69 bits per heavy atom. The van der Waals surface area contributed by atoms with Crippen molar-refractivity contribution in [2.45, 2.75) is 18.9 Å². The van der Waals surface area contributed by atoms with Crippen molar-refractivity contribution in [3.63, 3.8) is 0 Å². The zero-order valence-electron chi connectivity index (χ0n) is 9.05. The minimum absolute atomic E-state index is 0.0130. The van der Waals surface area contributed by atoms with E-state index in [1.54, 1.807) is 12.1 Å². The number of rotatable bonds is 2. The smallest absolute Gasteiger partial charge is 0.137 e. The molecule has 0 saturated carbocycles. The van der Waals surface area contributed by atoms with Crippen LogP contribution in [-0.4, -0.2) is 13.1 Å². The summed E-state index contributed by atoms with van der Waals surface area (Å²) in [6.45, 7) is 2.06. The molecule has 0 aromatic heterocycles. The van der Waals surface area contributed by atoms with Crippen molar-refractivity contribution in [1.29, 1.82) is 0 Å². The molecule has 0 unspecified atom stereocenters. The van der Waals surface area contributed by atoms with E-state index < -0.39 is 0 Å². The molecule has 1 aliphatic rings. The Morgan fingerprint density at radius 1 is 1.38 bits per heavy atom. The third-order valence-electron chi connectivity index (χ3n) is 3.22. The summed E-state index contributed by atoms with van der Waals surface area (Å²) in [5.41, 5.74) is 7.23. The molecule has 0 aliphatic carbocycles. The largest absolute Gasteiger partial charge is 0.324 e. The van der Waals surface area contributed by atoms with Gasteiger partial charge in [0.05, 0.1) is 4.47 Å². The van der Waals surface area contributed by atoms with Gasteiger partial charge in [0.15, 0.2) is 0 Å². The fourth-order valence-corrected chi connectivity index (χ4v) is 2.59. The van der Waals surface area contributed by atoms with Crippen molar-refractivity contribution in [3.8, 4) is 0 Å². The number of hydrogen-bond donors (Lipinski definition) is 2. The molecular formula is C12H16BrFN2. The van der Waals surface area contributed by atoms with E-state index in [4.69, 9.17) is 5.73 Å². The van der Waals surface area contributed by atoms with Crippen molar-refractivity contribution >= 4 is 15.9 Å². The zero-order chi connectivity index (χ0) is 11.5. The average Bonchev–Trinajstić information content (AvgIpc) is 2.33. The van der Waals surface area contributed by atoms with Gasteiger partial charge < -0.3 is 11.1 Å². The lowest BCUT2D eigenvalue weighted by molar-refractivity contribution is 0.322. The van der Waals surface area contributed by atoms with Crippen LogP contribution in [0, 0.1) is 11.7 Å². The summed E-state index contributed by atoms with van der Waals surface area (Å²) < 4.78 is 13.6. The van der Waals surface area contributed by atoms with E-state index in [1.165, 1.54) is 6.07 Å². The van der Waals surface area contributed by atoms with Gasteiger partial charge in [0.2, 0.25) is 0 Å². The minimum Gasteiger partial charge on any atom is -0.324 e. The summed E-state index contributed by atoms with van der Waals surface area (Å²) in [5.74, 6) is 0.264. The molecule has 16 heavy (non-hydrogen) atoms. The first-order chi connectivity index (χ1) is 7.68. The molecule has 1 atom stereocenters. The summed E-state index contributed by atoms with van der Waals surface area (Å²) in [5, 5.41) is 3.32. The molecule has 1 aliphatic heterocycles. The lowest BCUT2D eigenvalue weighted by Crippen LogP contribution is -2.33. The Bertz CT molecular complexity index is 364. The predicted molar refractivity (Wildman–Crippen MR) is 66.6 cm³/mol. The lowest BCUT2D eigenvalue weighted by Gasteiger charge is -2.28. The third kappa shape index (κ3) is 2.62. The van der Waals surface area contributed by atoms with E-state index in [-0.39, 0.29) is 11.9 Å². The molecule has 0 radical (unpaired) electrons. The normalized spacial score (nSPS) is 19.7. The van der Waals surface area contributed by atoms with E-state index in [9.17, 15) is 4.39 Å². The molecule has 1 heterocycles. The monoisotopic (exact) mass is 286 g/mol. The quantitative estimate of drug-likeness (QED) is 0.877. The molecule has 3 N–H and O–H groups in total. The Kier molecular flexibility index (Phi) is 3.95. The highest BCUT2D eigenvalue weighted by molar-refractivity contribution is 9.10. The van der Waals surface area contributed by atoms with Gasteiger partial charge in [0, 0.05) is 6.04 Å². The number of piperidine rings is 1. The van der Waals surface area contributed by atoms with Crippen molar-refractivity contribution in [2.75, 3.05) is 13.1 Å². The van der Waals surface area contributed by atoms with Crippen molar-refractivity contribution < 1.29 is 4.39 Å². The second-order valence-electron chi connectivity index (χ2n) is 4.29. The van der Waals surface area contributed by atoms with Crippen LogP contribution in [0.25, 0.3) is 0 Å². The number of nitrogens with one attached hydrogen (secondary N) is 1. The third-order valence-corrected chi connectivity index (χ3v) is 3.83. The maximum absolute atomic E-state index is 13.1. The van der Waals surface area contributed by atoms with Gasteiger partial charge in [-0.15, -0.1) is 0 Å². The Labute approximate surface area is 104 Å². The highest BCUT2D eigenvalue weighted by Crippen LogP contribution is 2.29. The van der Waals surface area contributed by atoms with E-state index >= 15 is 0 Å². The van der Waals surface area contributed by atoms with Gasteiger partial charge in [0.25, 0.3) is 0 Å². The van der Waals surface area contributed by atoms with Gasteiger partial charge in [-0.1, -0.05) is 6.07 Å². The maximum atomic E-state index is 13.1. The molecule has 2 nitrogen and oxygen atoms in total. The molecule has 1 aromatic rings. The molecule has 2 rings (SSSR count). The van der Waals surface area contributed by atoms with E-state index in [0.717, 1.165) is 31.5 Å². The van der Waals surface area contributed by atoms with Crippen LogP contribution in [0.3, 0.4) is 0 Å². The van der Waals surface area contributed by atoms with Crippen molar-refractivity contribution in [3.05, 3.63) is 34.1 Å². The molecule has 1 aromatic carbocycles. The molecule has 0 amide bonds.